The van der Waals surface area contributed by atoms with Crippen LogP contribution in [0, 0.1) is 5.82 Å². The number of fused-ring (bicyclic) bond motifs is 1. The summed E-state index contributed by atoms with van der Waals surface area (Å²) in [5.41, 5.74) is 1.74. The molecule has 12 heteroatoms. The lowest BCUT2D eigenvalue weighted by Gasteiger charge is -2.18. The highest BCUT2D eigenvalue weighted by Crippen LogP contribution is 2.36. The zero-order chi connectivity index (χ0) is 20.8. The lowest BCUT2D eigenvalue weighted by Crippen LogP contribution is -2.27. The molecule has 29 heavy (non-hydrogen) atoms. The molecule has 3 aromatic rings. The van der Waals surface area contributed by atoms with Gasteiger partial charge in [0.15, 0.2) is 11.5 Å². The first-order chi connectivity index (χ1) is 13.8. The normalized spacial score (nSPS) is 14.3. The van der Waals surface area contributed by atoms with Crippen molar-refractivity contribution in [3.05, 3.63) is 41.1 Å². The Balaban J connectivity index is 1.70. The van der Waals surface area contributed by atoms with Crippen LogP contribution >= 0.6 is 0 Å². The summed E-state index contributed by atoms with van der Waals surface area (Å²) in [6.45, 7) is 0.279. The Bertz CT molecular complexity index is 1170. The lowest BCUT2D eigenvalue weighted by atomic mass is 10.2. The summed E-state index contributed by atoms with van der Waals surface area (Å²) < 4.78 is 58.2. The predicted octanol–water partition coefficient (Wildman–Crippen LogP) is 1.47. The fraction of sp³-hybridized carbons (Fsp3) is 0.353. The average molecular weight is 423 g/mol. The van der Waals surface area contributed by atoms with Crippen molar-refractivity contribution in [2.45, 2.75) is 24.6 Å². The number of aryl methyl sites for hydroxylation is 1. The molecule has 0 spiro atoms. The summed E-state index contributed by atoms with van der Waals surface area (Å²) >= 11 is 0. The lowest BCUT2D eigenvalue weighted by molar-refractivity contribution is 0.174. The van der Waals surface area contributed by atoms with E-state index in [0.717, 1.165) is 12.1 Å². The molecule has 0 aliphatic carbocycles. The average Bonchev–Trinajstić information content (AvgIpc) is 3.39. The molecule has 0 fully saturated rings. The van der Waals surface area contributed by atoms with Gasteiger partial charge in [-0.1, -0.05) is 5.16 Å². The van der Waals surface area contributed by atoms with E-state index < -0.39 is 15.8 Å². The van der Waals surface area contributed by atoms with Gasteiger partial charge < -0.3 is 14.0 Å². The van der Waals surface area contributed by atoms with Gasteiger partial charge in [-0.25, -0.2) is 12.8 Å². The van der Waals surface area contributed by atoms with Crippen LogP contribution in [0.25, 0.3) is 11.6 Å². The van der Waals surface area contributed by atoms with Crippen LogP contribution in [0.2, 0.25) is 0 Å². The third-order valence-corrected chi connectivity index (χ3v) is 6.44. The summed E-state index contributed by atoms with van der Waals surface area (Å²) in [5.74, 6) is -0.0628. The summed E-state index contributed by atoms with van der Waals surface area (Å²) in [4.78, 5) is 4.00. The van der Waals surface area contributed by atoms with Gasteiger partial charge in [0.25, 0.3) is 5.89 Å². The molecule has 4 rings (SSSR count). The van der Waals surface area contributed by atoms with Crippen molar-refractivity contribution < 1.29 is 26.8 Å². The molecule has 0 saturated carbocycles. The third-order valence-electron chi connectivity index (χ3n) is 4.62. The first kappa shape index (κ1) is 19.5. The Kier molecular flexibility index (Phi) is 4.84. The van der Waals surface area contributed by atoms with E-state index in [1.807, 2.05) is 0 Å². The van der Waals surface area contributed by atoms with Gasteiger partial charge in [0.05, 0.1) is 19.3 Å². The number of rotatable bonds is 6. The number of sulfonamides is 1. The number of nitrogens with zero attached hydrogens (tertiary/aromatic N) is 5. The fourth-order valence-corrected chi connectivity index (χ4v) is 4.77. The summed E-state index contributed by atoms with van der Waals surface area (Å²) in [6, 6.07) is 3.38. The number of hydrogen-bond acceptors (Lipinski definition) is 8. The predicted molar refractivity (Wildman–Crippen MR) is 96.6 cm³/mol. The summed E-state index contributed by atoms with van der Waals surface area (Å²) in [7, 11) is 0.527. The Morgan fingerprint density at radius 3 is 2.79 bits per heavy atom. The molecule has 1 aromatic carbocycles. The SMILES string of the molecule is COCc1noc(-c2nn(C)c3c2CN(S(=O)(=O)c2cc(F)ccc2OC)C3)n1. The maximum Gasteiger partial charge on any atom is 0.278 e. The Morgan fingerprint density at radius 2 is 2.07 bits per heavy atom. The molecular weight excluding hydrogens is 405 g/mol. The first-order valence-electron chi connectivity index (χ1n) is 8.55. The van der Waals surface area contributed by atoms with Crippen molar-refractivity contribution in [2.24, 2.45) is 7.05 Å². The van der Waals surface area contributed by atoms with E-state index in [0.29, 0.717) is 22.8 Å². The number of halogens is 1. The minimum atomic E-state index is -4.02. The van der Waals surface area contributed by atoms with E-state index in [2.05, 4.69) is 15.2 Å². The van der Waals surface area contributed by atoms with Gasteiger partial charge >= 0.3 is 0 Å². The van der Waals surface area contributed by atoms with Crippen LogP contribution in [0.3, 0.4) is 0 Å². The number of hydrogen-bond donors (Lipinski definition) is 0. The van der Waals surface area contributed by atoms with Gasteiger partial charge in [0.1, 0.15) is 23.1 Å². The molecule has 1 aliphatic rings. The Hall–Kier alpha value is -2.83. The van der Waals surface area contributed by atoms with Crippen molar-refractivity contribution in [3.8, 4) is 17.3 Å². The molecule has 0 radical (unpaired) electrons. The monoisotopic (exact) mass is 423 g/mol. The molecule has 0 N–H and O–H groups in total. The van der Waals surface area contributed by atoms with Crippen molar-refractivity contribution in [3.63, 3.8) is 0 Å². The van der Waals surface area contributed by atoms with Gasteiger partial charge in [-0.15, -0.1) is 0 Å². The second-order valence-corrected chi connectivity index (χ2v) is 8.32. The largest absolute Gasteiger partial charge is 0.495 e. The van der Waals surface area contributed by atoms with Gasteiger partial charge in [0.2, 0.25) is 10.0 Å². The summed E-state index contributed by atoms with van der Waals surface area (Å²) in [5, 5.41) is 8.20. The van der Waals surface area contributed by atoms with Gasteiger partial charge in [-0.05, 0) is 18.2 Å². The molecule has 0 atom stereocenters. The minimum Gasteiger partial charge on any atom is -0.495 e. The molecule has 0 saturated heterocycles. The van der Waals surface area contributed by atoms with Crippen LogP contribution < -0.4 is 4.74 Å². The fourth-order valence-electron chi connectivity index (χ4n) is 3.24. The van der Waals surface area contributed by atoms with Crippen LogP contribution in [-0.2, 0) is 41.5 Å². The quantitative estimate of drug-likeness (QED) is 0.586. The molecule has 10 nitrogen and oxygen atoms in total. The topological polar surface area (TPSA) is 113 Å². The second-order valence-electron chi connectivity index (χ2n) is 6.41. The zero-order valence-electron chi connectivity index (χ0n) is 15.9. The highest BCUT2D eigenvalue weighted by atomic mass is 32.2. The third kappa shape index (κ3) is 3.28. The van der Waals surface area contributed by atoms with Crippen molar-refractivity contribution in [1.29, 1.82) is 0 Å². The highest BCUT2D eigenvalue weighted by molar-refractivity contribution is 7.89. The smallest absolute Gasteiger partial charge is 0.278 e. The minimum absolute atomic E-state index is 0.0303. The maximum atomic E-state index is 13.7. The molecule has 2 aromatic heterocycles. The van der Waals surface area contributed by atoms with E-state index >= 15 is 0 Å². The standard InChI is InChI=1S/C17H18FN5O5S/c1-22-12-8-23(29(24,25)14-6-10(18)4-5-13(14)27-3)7-11(12)16(20-22)17-19-15(9-26-2)21-28-17/h4-6H,7-9H2,1-3H3. The number of benzene rings is 1. The molecule has 0 unspecified atom stereocenters. The van der Waals surface area contributed by atoms with E-state index in [-0.39, 0.29) is 36.2 Å². The van der Waals surface area contributed by atoms with Gasteiger partial charge in [0, 0.05) is 26.3 Å². The van der Waals surface area contributed by atoms with E-state index in [1.165, 1.54) is 24.6 Å². The van der Waals surface area contributed by atoms with E-state index in [1.54, 1.807) is 11.7 Å². The summed E-state index contributed by atoms with van der Waals surface area (Å²) in [6.07, 6.45) is 0. The molecule has 0 amide bonds. The van der Waals surface area contributed by atoms with Gasteiger partial charge in [-0.2, -0.15) is 14.4 Å². The highest BCUT2D eigenvalue weighted by Gasteiger charge is 2.37. The molecular formula is C17H18FN5O5S. The molecule has 0 bridgehead atoms. The van der Waals surface area contributed by atoms with Crippen LogP contribution in [0.15, 0.2) is 27.6 Å². The van der Waals surface area contributed by atoms with Crippen LogP contribution in [0.1, 0.15) is 17.1 Å². The number of methoxy groups -OCH3 is 2. The van der Waals surface area contributed by atoms with Gasteiger partial charge in [-0.3, -0.25) is 4.68 Å². The van der Waals surface area contributed by atoms with Crippen LogP contribution in [-0.4, -0.2) is 46.9 Å². The van der Waals surface area contributed by atoms with Crippen LogP contribution in [0.5, 0.6) is 5.75 Å². The molecule has 154 valence electrons. The first-order valence-corrected chi connectivity index (χ1v) is 9.99. The van der Waals surface area contributed by atoms with Crippen molar-refractivity contribution in [1.82, 2.24) is 24.2 Å². The van der Waals surface area contributed by atoms with Crippen LogP contribution in [0.4, 0.5) is 4.39 Å². The number of ether oxygens (including phenoxy) is 2. The number of aromatic nitrogens is 4. The maximum absolute atomic E-state index is 13.7. The van der Waals surface area contributed by atoms with E-state index in [9.17, 15) is 12.8 Å². The molecule has 3 heterocycles. The van der Waals surface area contributed by atoms with E-state index in [4.69, 9.17) is 14.0 Å². The second kappa shape index (κ2) is 7.21. The van der Waals surface area contributed by atoms with Crippen molar-refractivity contribution in [2.75, 3.05) is 14.2 Å². The Labute approximate surface area is 165 Å². The molecule has 1 aliphatic heterocycles. The Morgan fingerprint density at radius 1 is 1.28 bits per heavy atom. The van der Waals surface area contributed by atoms with Crippen molar-refractivity contribution >= 4 is 10.0 Å². The zero-order valence-corrected chi connectivity index (χ0v) is 16.7.